The zero-order valence-corrected chi connectivity index (χ0v) is 9.21. The molecule has 1 aromatic heterocycles. The summed E-state index contributed by atoms with van der Waals surface area (Å²) in [7, 11) is 0. The molecule has 0 unspecified atom stereocenters. The van der Waals surface area contributed by atoms with Crippen molar-refractivity contribution in [1.82, 2.24) is 9.88 Å². The summed E-state index contributed by atoms with van der Waals surface area (Å²) in [5.41, 5.74) is -0.0644. The van der Waals surface area contributed by atoms with Crippen molar-refractivity contribution in [3.8, 4) is 0 Å². The van der Waals surface area contributed by atoms with E-state index in [-0.39, 0.29) is 17.2 Å². The second kappa shape index (κ2) is 4.78. The summed E-state index contributed by atoms with van der Waals surface area (Å²) >= 11 is 1.66. The fourth-order valence-electron chi connectivity index (χ4n) is 1.46. The van der Waals surface area contributed by atoms with Gasteiger partial charge in [-0.3, -0.25) is 9.78 Å². The van der Waals surface area contributed by atoms with Crippen LogP contribution < -0.4 is 0 Å². The van der Waals surface area contributed by atoms with E-state index in [0.29, 0.717) is 12.4 Å². The lowest BCUT2D eigenvalue weighted by molar-refractivity contribution is 0.0802. The van der Waals surface area contributed by atoms with Crippen molar-refractivity contribution in [2.45, 2.75) is 6.43 Å². The van der Waals surface area contributed by atoms with E-state index in [1.807, 2.05) is 0 Å². The van der Waals surface area contributed by atoms with Gasteiger partial charge in [-0.2, -0.15) is 0 Å². The van der Waals surface area contributed by atoms with Gasteiger partial charge in [-0.25, -0.2) is 8.78 Å². The fraction of sp³-hybridized carbons (Fsp3) is 0.400. The van der Waals surface area contributed by atoms with E-state index in [0.717, 1.165) is 11.8 Å². The van der Waals surface area contributed by atoms with Gasteiger partial charge >= 0.3 is 0 Å². The Kier molecular flexibility index (Phi) is 3.38. The molecule has 6 heteroatoms. The molecule has 1 aromatic rings. The molecule has 1 aliphatic heterocycles. The highest BCUT2D eigenvalue weighted by atomic mass is 32.2. The molecule has 86 valence electrons. The first-order valence-electron chi connectivity index (χ1n) is 4.79. The summed E-state index contributed by atoms with van der Waals surface area (Å²) in [5.74, 6) is 1.33. The first-order chi connectivity index (χ1) is 7.68. The average Bonchev–Trinajstić information content (AvgIpc) is 2.81. The van der Waals surface area contributed by atoms with Crippen molar-refractivity contribution in [3.63, 3.8) is 0 Å². The van der Waals surface area contributed by atoms with Crippen LogP contribution in [0.4, 0.5) is 8.78 Å². The summed E-state index contributed by atoms with van der Waals surface area (Å²) in [5, 5.41) is 0. The number of pyridine rings is 1. The molecule has 1 aliphatic rings. The molecule has 0 aromatic carbocycles. The van der Waals surface area contributed by atoms with Gasteiger partial charge in [0.1, 0.15) is 5.69 Å². The van der Waals surface area contributed by atoms with Gasteiger partial charge in [0.05, 0.1) is 5.88 Å². The molecular weight excluding hydrogens is 234 g/mol. The standard InChI is InChI=1S/C10H10F2N2OS/c11-9(12)8-5-7(1-2-13-8)10(15)14-3-4-16-6-14/h1-2,5,9H,3-4,6H2. The highest BCUT2D eigenvalue weighted by molar-refractivity contribution is 7.99. The zero-order valence-electron chi connectivity index (χ0n) is 8.40. The summed E-state index contributed by atoms with van der Waals surface area (Å²) < 4.78 is 24.8. The van der Waals surface area contributed by atoms with Gasteiger partial charge in [0, 0.05) is 24.1 Å². The van der Waals surface area contributed by atoms with Crippen LogP contribution in [0.1, 0.15) is 22.5 Å². The molecule has 1 saturated heterocycles. The lowest BCUT2D eigenvalue weighted by Gasteiger charge is -2.14. The predicted molar refractivity (Wildman–Crippen MR) is 57.6 cm³/mol. The van der Waals surface area contributed by atoms with E-state index < -0.39 is 6.43 Å². The van der Waals surface area contributed by atoms with Crippen molar-refractivity contribution in [3.05, 3.63) is 29.6 Å². The molecule has 3 nitrogen and oxygen atoms in total. The number of halogens is 2. The molecule has 0 N–H and O–H groups in total. The molecule has 1 fully saturated rings. The van der Waals surface area contributed by atoms with Crippen LogP contribution in [-0.4, -0.2) is 34.0 Å². The second-order valence-corrected chi connectivity index (χ2v) is 4.45. The topological polar surface area (TPSA) is 33.2 Å². The number of carbonyl (C=O) groups excluding carboxylic acids is 1. The summed E-state index contributed by atoms with van der Waals surface area (Å²) in [6.45, 7) is 0.676. The van der Waals surface area contributed by atoms with Crippen LogP contribution >= 0.6 is 11.8 Å². The Morgan fingerprint density at radius 1 is 1.56 bits per heavy atom. The van der Waals surface area contributed by atoms with Crippen LogP contribution in [0.25, 0.3) is 0 Å². The third-order valence-corrected chi connectivity index (χ3v) is 3.26. The van der Waals surface area contributed by atoms with Crippen LogP contribution in [0.3, 0.4) is 0 Å². The molecule has 16 heavy (non-hydrogen) atoms. The Balaban J connectivity index is 2.19. The van der Waals surface area contributed by atoms with Gasteiger partial charge < -0.3 is 4.90 Å². The number of rotatable bonds is 2. The zero-order chi connectivity index (χ0) is 11.5. The fourth-order valence-corrected chi connectivity index (χ4v) is 2.40. The van der Waals surface area contributed by atoms with Gasteiger partial charge in [0.25, 0.3) is 12.3 Å². The number of alkyl halides is 2. The van der Waals surface area contributed by atoms with Gasteiger partial charge in [-0.05, 0) is 12.1 Å². The first-order valence-corrected chi connectivity index (χ1v) is 5.95. The monoisotopic (exact) mass is 244 g/mol. The molecule has 1 amide bonds. The van der Waals surface area contributed by atoms with Gasteiger partial charge in [-0.1, -0.05) is 0 Å². The van der Waals surface area contributed by atoms with E-state index in [1.165, 1.54) is 12.3 Å². The molecule has 0 aliphatic carbocycles. The third-order valence-electron chi connectivity index (χ3n) is 2.29. The maximum atomic E-state index is 12.4. The normalized spacial score (nSPS) is 15.8. The smallest absolute Gasteiger partial charge is 0.280 e. The molecule has 2 rings (SSSR count). The Morgan fingerprint density at radius 2 is 2.38 bits per heavy atom. The Labute approximate surface area is 95.8 Å². The van der Waals surface area contributed by atoms with Crippen molar-refractivity contribution < 1.29 is 13.6 Å². The van der Waals surface area contributed by atoms with Gasteiger partial charge in [0.2, 0.25) is 0 Å². The molecule has 0 radical (unpaired) electrons. The Hall–Kier alpha value is -1.17. The van der Waals surface area contributed by atoms with Crippen LogP contribution in [-0.2, 0) is 0 Å². The minimum absolute atomic E-state index is 0.200. The molecule has 0 saturated carbocycles. The number of carbonyl (C=O) groups is 1. The minimum atomic E-state index is -2.64. The summed E-state index contributed by atoms with van der Waals surface area (Å²) in [6, 6.07) is 2.63. The minimum Gasteiger partial charge on any atom is -0.329 e. The highest BCUT2D eigenvalue weighted by Gasteiger charge is 2.21. The van der Waals surface area contributed by atoms with E-state index in [1.54, 1.807) is 16.7 Å². The quantitative estimate of drug-likeness (QED) is 0.799. The second-order valence-electron chi connectivity index (χ2n) is 3.38. The van der Waals surface area contributed by atoms with Crippen LogP contribution in [0.5, 0.6) is 0 Å². The number of hydrogen-bond donors (Lipinski definition) is 0. The van der Waals surface area contributed by atoms with Crippen molar-refractivity contribution in [2.24, 2.45) is 0 Å². The van der Waals surface area contributed by atoms with Crippen LogP contribution in [0, 0.1) is 0 Å². The SMILES string of the molecule is O=C(c1ccnc(C(F)F)c1)N1CCSC1. The van der Waals surface area contributed by atoms with E-state index in [4.69, 9.17) is 0 Å². The Morgan fingerprint density at radius 3 is 3.00 bits per heavy atom. The number of hydrogen-bond acceptors (Lipinski definition) is 3. The van der Waals surface area contributed by atoms with Gasteiger partial charge in [-0.15, -0.1) is 11.8 Å². The summed E-state index contributed by atoms with van der Waals surface area (Å²) in [4.78, 5) is 17.0. The number of aromatic nitrogens is 1. The predicted octanol–water partition coefficient (Wildman–Crippen LogP) is 2.17. The largest absolute Gasteiger partial charge is 0.329 e. The lowest BCUT2D eigenvalue weighted by atomic mass is 10.2. The first kappa shape index (κ1) is 11.3. The number of thioether (sulfide) groups is 1. The van der Waals surface area contributed by atoms with E-state index >= 15 is 0 Å². The maximum absolute atomic E-state index is 12.4. The third kappa shape index (κ3) is 2.32. The van der Waals surface area contributed by atoms with Crippen molar-refractivity contribution in [2.75, 3.05) is 18.2 Å². The number of nitrogens with zero attached hydrogens (tertiary/aromatic N) is 2. The Bertz CT molecular complexity index is 394. The van der Waals surface area contributed by atoms with Crippen molar-refractivity contribution in [1.29, 1.82) is 0 Å². The van der Waals surface area contributed by atoms with Gasteiger partial charge in [0.15, 0.2) is 0 Å². The molecule has 0 bridgehead atoms. The molecular formula is C10H10F2N2OS. The maximum Gasteiger partial charge on any atom is 0.280 e. The van der Waals surface area contributed by atoms with Crippen LogP contribution in [0.2, 0.25) is 0 Å². The van der Waals surface area contributed by atoms with E-state index in [2.05, 4.69) is 4.98 Å². The van der Waals surface area contributed by atoms with Crippen molar-refractivity contribution >= 4 is 17.7 Å². The average molecular weight is 244 g/mol. The molecule has 0 atom stereocenters. The number of amides is 1. The molecule has 2 heterocycles. The summed E-state index contributed by atoms with van der Waals surface area (Å²) in [6.07, 6.45) is -1.39. The molecule has 0 spiro atoms. The van der Waals surface area contributed by atoms with E-state index in [9.17, 15) is 13.6 Å². The highest BCUT2D eigenvalue weighted by Crippen LogP contribution is 2.20. The lowest BCUT2D eigenvalue weighted by Crippen LogP contribution is -2.27. The van der Waals surface area contributed by atoms with Crippen LogP contribution in [0.15, 0.2) is 18.3 Å².